The SMILES string of the molecule is COCC(NC(=O)c1ccc(O)c([N+](=O)[O-])c1)c1ccc(F)c(F)c1. The first-order chi connectivity index (χ1) is 11.8. The topological polar surface area (TPSA) is 102 Å². The van der Waals surface area contributed by atoms with E-state index in [4.69, 9.17) is 4.74 Å². The van der Waals surface area contributed by atoms with E-state index < -0.39 is 39.9 Å². The number of halogens is 2. The minimum Gasteiger partial charge on any atom is -0.502 e. The van der Waals surface area contributed by atoms with E-state index in [1.165, 1.54) is 19.2 Å². The Morgan fingerprint density at radius 1 is 1.28 bits per heavy atom. The minimum atomic E-state index is -1.08. The Morgan fingerprint density at radius 3 is 2.60 bits per heavy atom. The Kier molecular flexibility index (Phi) is 5.60. The number of methoxy groups -OCH3 is 1. The molecule has 0 aliphatic heterocycles. The van der Waals surface area contributed by atoms with Gasteiger partial charge in [-0.05, 0) is 29.8 Å². The number of phenols is 1. The van der Waals surface area contributed by atoms with E-state index in [2.05, 4.69) is 5.32 Å². The molecule has 7 nitrogen and oxygen atoms in total. The second kappa shape index (κ2) is 7.67. The van der Waals surface area contributed by atoms with Crippen molar-refractivity contribution in [2.45, 2.75) is 6.04 Å². The van der Waals surface area contributed by atoms with Crippen LogP contribution < -0.4 is 5.32 Å². The molecule has 0 saturated carbocycles. The third-order valence-electron chi connectivity index (χ3n) is 3.42. The van der Waals surface area contributed by atoms with Crippen molar-refractivity contribution in [3.8, 4) is 5.75 Å². The largest absolute Gasteiger partial charge is 0.502 e. The Balaban J connectivity index is 2.27. The first-order valence-corrected chi connectivity index (χ1v) is 7.05. The van der Waals surface area contributed by atoms with Gasteiger partial charge in [0.25, 0.3) is 5.91 Å². The van der Waals surface area contributed by atoms with Gasteiger partial charge in [0.1, 0.15) is 0 Å². The summed E-state index contributed by atoms with van der Waals surface area (Å²) in [7, 11) is 1.37. The standard InChI is InChI=1S/C16H14F2N2O5/c1-25-8-13(9-2-4-11(17)12(18)6-9)19-16(22)10-3-5-15(21)14(7-10)20(23)24/h2-7,13,21H,8H2,1H3,(H,19,22). The molecular formula is C16H14F2N2O5. The molecule has 0 spiro atoms. The monoisotopic (exact) mass is 352 g/mol. The minimum absolute atomic E-state index is 0.0308. The number of hydrogen-bond donors (Lipinski definition) is 2. The number of hydrogen-bond acceptors (Lipinski definition) is 5. The van der Waals surface area contributed by atoms with E-state index >= 15 is 0 Å². The van der Waals surface area contributed by atoms with Crippen molar-refractivity contribution in [2.24, 2.45) is 0 Å². The van der Waals surface area contributed by atoms with Crippen molar-refractivity contribution >= 4 is 11.6 Å². The summed E-state index contributed by atoms with van der Waals surface area (Å²) in [6.45, 7) is -0.0308. The highest BCUT2D eigenvalue weighted by molar-refractivity contribution is 5.95. The molecule has 1 unspecified atom stereocenters. The summed E-state index contributed by atoms with van der Waals surface area (Å²) in [6, 6.07) is 5.48. The lowest BCUT2D eigenvalue weighted by molar-refractivity contribution is -0.385. The van der Waals surface area contributed by atoms with Crippen molar-refractivity contribution in [3.05, 3.63) is 69.3 Å². The molecule has 9 heteroatoms. The highest BCUT2D eigenvalue weighted by atomic mass is 19.2. The maximum absolute atomic E-state index is 13.4. The second-order valence-corrected chi connectivity index (χ2v) is 5.12. The number of nitrogens with one attached hydrogen (secondary N) is 1. The van der Waals surface area contributed by atoms with Gasteiger partial charge >= 0.3 is 5.69 Å². The van der Waals surface area contributed by atoms with Crippen LogP contribution in [0.15, 0.2) is 36.4 Å². The fourth-order valence-corrected chi connectivity index (χ4v) is 2.17. The second-order valence-electron chi connectivity index (χ2n) is 5.12. The van der Waals surface area contributed by atoms with Gasteiger partial charge in [0.2, 0.25) is 0 Å². The number of nitrogens with zero attached hydrogens (tertiary/aromatic N) is 1. The number of phenolic OH excluding ortho intramolecular Hbond substituents is 1. The molecule has 0 aliphatic rings. The number of rotatable bonds is 6. The molecule has 25 heavy (non-hydrogen) atoms. The van der Waals surface area contributed by atoms with Gasteiger partial charge < -0.3 is 15.2 Å². The predicted molar refractivity (Wildman–Crippen MR) is 83.2 cm³/mol. The summed E-state index contributed by atoms with van der Waals surface area (Å²) in [6.07, 6.45) is 0. The Morgan fingerprint density at radius 2 is 2.00 bits per heavy atom. The Labute approximate surface area is 141 Å². The van der Waals surface area contributed by atoms with Gasteiger partial charge in [0.15, 0.2) is 17.4 Å². The smallest absolute Gasteiger partial charge is 0.311 e. The summed E-state index contributed by atoms with van der Waals surface area (Å²) in [5.41, 5.74) is -0.431. The average Bonchev–Trinajstić information content (AvgIpc) is 2.57. The van der Waals surface area contributed by atoms with Crippen LogP contribution >= 0.6 is 0 Å². The summed E-state index contributed by atoms with van der Waals surface area (Å²) in [5, 5.41) is 22.8. The molecule has 2 rings (SSSR count). The van der Waals surface area contributed by atoms with Gasteiger partial charge in [-0.25, -0.2) is 8.78 Å². The molecule has 0 bridgehead atoms. The van der Waals surface area contributed by atoms with Crippen LogP contribution in [-0.4, -0.2) is 29.7 Å². The van der Waals surface area contributed by atoms with Crippen LogP contribution in [0.4, 0.5) is 14.5 Å². The van der Waals surface area contributed by atoms with Gasteiger partial charge in [0, 0.05) is 18.7 Å². The van der Waals surface area contributed by atoms with E-state index in [0.717, 1.165) is 24.3 Å². The number of nitro groups is 1. The molecule has 0 aromatic heterocycles. The van der Waals surface area contributed by atoms with E-state index in [9.17, 15) is 28.8 Å². The molecule has 0 aliphatic carbocycles. The number of aromatic hydroxyl groups is 1. The van der Waals surface area contributed by atoms with Crippen LogP contribution in [-0.2, 0) is 4.74 Å². The molecule has 132 valence electrons. The molecule has 1 amide bonds. The van der Waals surface area contributed by atoms with Crippen LogP contribution in [0.1, 0.15) is 22.0 Å². The van der Waals surface area contributed by atoms with E-state index in [0.29, 0.717) is 0 Å². The molecule has 0 radical (unpaired) electrons. The molecule has 0 saturated heterocycles. The molecular weight excluding hydrogens is 338 g/mol. The van der Waals surface area contributed by atoms with Gasteiger partial charge in [-0.1, -0.05) is 6.07 Å². The van der Waals surface area contributed by atoms with Gasteiger partial charge in [-0.3, -0.25) is 14.9 Å². The van der Waals surface area contributed by atoms with Gasteiger partial charge in [0.05, 0.1) is 17.6 Å². The van der Waals surface area contributed by atoms with Crippen LogP contribution in [0.2, 0.25) is 0 Å². The summed E-state index contributed by atoms with van der Waals surface area (Å²) >= 11 is 0. The lowest BCUT2D eigenvalue weighted by Crippen LogP contribution is -2.31. The van der Waals surface area contributed by atoms with E-state index in [1.807, 2.05) is 0 Å². The first-order valence-electron chi connectivity index (χ1n) is 7.05. The maximum Gasteiger partial charge on any atom is 0.311 e. The number of carbonyl (C=O) groups excluding carboxylic acids is 1. The molecule has 2 aromatic carbocycles. The van der Waals surface area contributed by atoms with Crippen LogP contribution in [0, 0.1) is 21.7 Å². The van der Waals surface area contributed by atoms with Crippen molar-refractivity contribution in [1.29, 1.82) is 0 Å². The van der Waals surface area contributed by atoms with Crippen molar-refractivity contribution in [1.82, 2.24) is 5.32 Å². The molecule has 2 aromatic rings. The number of ether oxygens (including phenoxy) is 1. The quantitative estimate of drug-likeness (QED) is 0.615. The lowest BCUT2D eigenvalue weighted by atomic mass is 10.1. The average molecular weight is 352 g/mol. The van der Waals surface area contributed by atoms with Crippen LogP contribution in [0.25, 0.3) is 0 Å². The Hall–Kier alpha value is -3.07. The maximum atomic E-state index is 13.4. The highest BCUT2D eigenvalue weighted by Gasteiger charge is 2.21. The predicted octanol–water partition coefficient (Wildman–Crippen LogP) is 2.70. The zero-order chi connectivity index (χ0) is 18.6. The lowest BCUT2D eigenvalue weighted by Gasteiger charge is -2.18. The number of benzene rings is 2. The Bertz CT molecular complexity index is 813. The van der Waals surface area contributed by atoms with E-state index in [-0.39, 0.29) is 17.7 Å². The normalized spacial score (nSPS) is 11.8. The fraction of sp³-hybridized carbons (Fsp3) is 0.188. The molecule has 1 atom stereocenters. The molecule has 0 heterocycles. The third kappa shape index (κ3) is 4.27. The number of amides is 1. The van der Waals surface area contributed by atoms with Crippen LogP contribution in [0.3, 0.4) is 0 Å². The van der Waals surface area contributed by atoms with Crippen LogP contribution in [0.5, 0.6) is 5.75 Å². The van der Waals surface area contributed by atoms with Crippen molar-refractivity contribution < 1.29 is 28.3 Å². The first kappa shape index (κ1) is 18.3. The third-order valence-corrected chi connectivity index (χ3v) is 3.42. The van der Waals surface area contributed by atoms with E-state index in [1.54, 1.807) is 0 Å². The number of carbonyl (C=O) groups is 1. The van der Waals surface area contributed by atoms with Crippen molar-refractivity contribution in [3.63, 3.8) is 0 Å². The molecule has 0 fully saturated rings. The number of nitro benzene ring substituents is 1. The fourth-order valence-electron chi connectivity index (χ4n) is 2.17. The zero-order valence-corrected chi connectivity index (χ0v) is 13.0. The highest BCUT2D eigenvalue weighted by Crippen LogP contribution is 2.26. The summed E-state index contributed by atoms with van der Waals surface area (Å²) in [5.74, 6) is -3.38. The summed E-state index contributed by atoms with van der Waals surface area (Å²) < 4.78 is 31.4. The van der Waals surface area contributed by atoms with Gasteiger partial charge in [-0.2, -0.15) is 0 Å². The zero-order valence-electron chi connectivity index (χ0n) is 13.0. The summed E-state index contributed by atoms with van der Waals surface area (Å²) in [4.78, 5) is 22.3. The molecule has 2 N–H and O–H groups in total. The van der Waals surface area contributed by atoms with Gasteiger partial charge in [-0.15, -0.1) is 0 Å². The van der Waals surface area contributed by atoms with Crippen molar-refractivity contribution in [2.75, 3.05) is 13.7 Å².